The average Bonchev–Trinajstić information content (AvgIpc) is 2.88. The summed E-state index contributed by atoms with van der Waals surface area (Å²) in [6.07, 6.45) is 0.848. The Morgan fingerprint density at radius 3 is 2.35 bits per heavy atom. The van der Waals surface area contributed by atoms with Gasteiger partial charge in [0.1, 0.15) is 5.75 Å². The van der Waals surface area contributed by atoms with Crippen molar-refractivity contribution in [3.8, 4) is 5.75 Å². The molecule has 0 fully saturated rings. The number of aliphatic hydroxyl groups is 1. The monoisotopic (exact) mass is 533 g/mol. The number of amides is 1. The molecule has 206 valence electrons. The zero-order valence-electron chi connectivity index (χ0n) is 22.6. The predicted molar refractivity (Wildman–Crippen MR) is 148 cm³/mol. The van der Waals surface area contributed by atoms with Crippen LogP contribution in [-0.2, 0) is 27.8 Å². The van der Waals surface area contributed by atoms with Crippen molar-refractivity contribution in [2.24, 2.45) is 0 Å². The molecule has 0 aliphatic rings. The number of sulfonamides is 1. The molecule has 0 saturated heterocycles. The van der Waals surface area contributed by atoms with Crippen LogP contribution in [0.4, 0.5) is 0 Å². The number of carbonyl (C=O) groups excluding carboxylic acids is 1. The lowest BCUT2D eigenvalue weighted by molar-refractivity contribution is -0.122. The van der Waals surface area contributed by atoms with Gasteiger partial charge in [-0.15, -0.1) is 0 Å². The summed E-state index contributed by atoms with van der Waals surface area (Å²) in [5, 5.41) is 17.1. The second kappa shape index (κ2) is 15.7. The highest BCUT2D eigenvalue weighted by Gasteiger charge is 2.25. The number of aliphatic hydroxyl groups excluding tert-OH is 1. The van der Waals surface area contributed by atoms with Gasteiger partial charge in [0.2, 0.25) is 15.9 Å². The topological polar surface area (TPSA) is 108 Å². The van der Waals surface area contributed by atoms with Crippen molar-refractivity contribution in [1.82, 2.24) is 14.9 Å². The molecule has 0 spiro atoms. The van der Waals surface area contributed by atoms with Gasteiger partial charge < -0.3 is 20.5 Å². The molecule has 2 aromatic rings. The normalized spacial score (nSPS) is 13.4. The Balaban J connectivity index is 2.02. The minimum Gasteiger partial charge on any atom is -0.497 e. The summed E-state index contributed by atoms with van der Waals surface area (Å²) in [6, 6.07) is 15.0. The Kier molecular flexibility index (Phi) is 13.1. The summed E-state index contributed by atoms with van der Waals surface area (Å²) in [4.78, 5) is 12.8. The summed E-state index contributed by atoms with van der Waals surface area (Å²) in [5.74, 6) is 0.122. The molecule has 1 amide bonds. The quantitative estimate of drug-likeness (QED) is 0.289. The molecular weight excluding hydrogens is 490 g/mol. The van der Waals surface area contributed by atoms with Crippen LogP contribution in [0.3, 0.4) is 0 Å². The van der Waals surface area contributed by atoms with Gasteiger partial charge in [0.05, 0.1) is 25.0 Å². The first-order chi connectivity index (χ1) is 17.7. The third kappa shape index (κ3) is 10.8. The molecule has 2 rings (SSSR count). The summed E-state index contributed by atoms with van der Waals surface area (Å²) in [6.45, 7) is 7.56. The second-order valence-electron chi connectivity index (χ2n) is 9.38. The highest BCUT2D eigenvalue weighted by molar-refractivity contribution is 7.89. The molecule has 37 heavy (non-hydrogen) atoms. The average molecular weight is 534 g/mol. The van der Waals surface area contributed by atoms with Gasteiger partial charge in [-0.05, 0) is 49.4 Å². The van der Waals surface area contributed by atoms with E-state index in [2.05, 4.69) is 10.6 Å². The van der Waals surface area contributed by atoms with E-state index in [1.165, 1.54) is 4.31 Å². The van der Waals surface area contributed by atoms with Gasteiger partial charge >= 0.3 is 0 Å². The molecule has 0 aromatic heterocycles. The van der Waals surface area contributed by atoms with E-state index in [9.17, 15) is 18.3 Å². The van der Waals surface area contributed by atoms with Crippen LogP contribution < -0.4 is 15.4 Å². The maximum Gasteiger partial charge on any atom is 0.221 e. The van der Waals surface area contributed by atoms with Crippen molar-refractivity contribution < 1.29 is 23.1 Å². The Morgan fingerprint density at radius 1 is 1.05 bits per heavy atom. The van der Waals surface area contributed by atoms with Crippen LogP contribution in [0.2, 0.25) is 0 Å². The second-order valence-corrected chi connectivity index (χ2v) is 11.5. The van der Waals surface area contributed by atoms with Gasteiger partial charge in [0, 0.05) is 32.6 Å². The molecule has 8 nitrogen and oxygen atoms in total. The molecule has 9 heteroatoms. The van der Waals surface area contributed by atoms with E-state index in [0.29, 0.717) is 26.1 Å². The predicted octanol–water partition coefficient (Wildman–Crippen LogP) is 3.02. The summed E-state index contributed by atoms with van der Waals surface area (Å²) in [7, 11) is -1.91. The fraction of sp³-hybridized carbons (Fsp3) is 0.536. The first kappa shape index (κ1) is 30.8. The molecule has 0 aliphatic carbocycles. The van der Waals surface area contributed by atoms with Crippen LogP contribution >= 0.6 is 0 Å². The molecule has 0 aliphatic heterocycles. The van der Waals surface area contributed by atoms with Crippen molar-refractivity contribution in [1.29, 1.82) is 0 Å². The van der Waals surface area contributed by atoms with Crippen LogP contribution in [0.1, 0.15) is 49.8 Å². The molecular formula is C28H43N3O5S. The van der Waals surface area contributed by atoms with Crippen molar-refractivity contribution in [2.45, 2.75) is 65.1 Å². The SMILES string of the molecule is CCCN(CCC)S(=O)(=O)CCC(=O)N[C@@H](Cc1ccc(C)cc1)[C@@H](O)CNCc1cccc(OC)c1. The Bertz CT molecular complexity index is 1050. The number of aryl methyl sites for hydroxylation is 1. The minimum atomic E-state index is -3.52. The van der Waals surface area contributed by atoms with Gasteiger partial charge in [-0.25, -0.2) is 12.7 Å². The summed E-state index contributed by atoms with van der Waals surface area (Å²) < 4.78 is 32.2. The van der Waals surface area contributed by atoms with Gasteiger partial charge in [-0.3, -0.25) is 4.79 Å². The Morgan fingerprint density at radius 2 is 1.73 bits per heavy atom. The number of benzene rings is 2. The first-order valence-electron chi connectivity index (χ1n) is 13.0. The van der Waals surface area contributed by atoms with Crippen LogP contribution in [0.25, 0.3) is 0 Å². The maximum atomic E-state index is 12.8. The van der Waals surface area contributed by atoms with Crippen LogP contribution in [-0.4, -0.2) is 68.4 Å². The number of nitrogens with one attached hydrogen (secondary N) is 2. The number of hydrogen-bond acceptors (Lipinski definition) is 6. The van der Waals surface area contributed by atoms with Crippen molar-refractivity contribution >= 4 is 15.9 Å². The van der Waals surface area contributed by atoms with Crippen LogP contribution in [0, 0.1) is 6.92 Å². The molecule has 0 unspecified atom stereocenters. The molecule has 3 N–H and O–H groups in total. The molecule has 0 heterocycles. The zero-order chi connectivity index (χ0) is 27.3. The fourth-order valence-corrected chi connectivity index (χ4v) is 5.69. The van der Waals surface area contributed by atoms with E-state index >= 15 is 0 Å². The molecule has 0 bridgehead atoms. The van der Waals surface area contributed by atoms with Crippen molar-refractivity contribution in [2.75, 3.05) is 32.5 Å². The van der Waals surface area contributed by atoms with Crippen LogP contribution in [0.5, 0.6) is 5.75 Å². The smallest absolute Gasteiger partial charge is 0.221 e. The lowest BCUT2D eigenvalue weighted by Crippen LogP contribution is -2.49. The van der Waals surface area contributed by atoms with Gasteiger partial charge in [0.25, 0.3) is 0 Å². The first-order valence-corrected chi connectivity index (χ1v) is 14.6. The maximum absolute atomic E-state index is 12.8. The third-order valence-electron chi connectivity index (χ3n) is 6.13. The van der Waals surface area contributed by atoms with E-state index in [0.717, 1.165) is 35.3 Å². The van der Waals surface area contributed by atoms with E-state index < -0.39 is 22.2 Å². The lowest BCUT2D eigenvalue weighted by atomic mass is 10.00. The fourth-order valence-electron chi connectivity index (χ4n) is 4.07. The van der Waals surface area contributed by atoms with Gasteiger partial charge in [0.15, 0.2) is 0 Å². The van der Waals surface area contributed by atoms with Crippen molar-refractivity contribution in [3.05, 3.63) is 65.2 Å². The number of carbonyl (C=O) groups is 1. The lowest BCUT2D eigenvalue weighted by Gasteiger charge is -2.25. The number of methoxy groups -OCH3 is 1. The molecule has 0 saturated carbocycles. The number of ether oxygens (including phenoxy) is 1. The molecule has 0 radical (unpaired) electrons. The Hall–Kier alpha value is -2.46. The zero-order valence-corrected chi connectivity index (χ0v) is 23.4. The van der Waals surface area contributed by atoms with Gasteiger partial charge in [-0.2, -0.15) is 0 Å². The van der Waals surface area contributed by atoms with E-state index in [1.807, 2.05) is 69.3 Å². The third-order valence-corrected chi connectivity index (χ3v) is 8.00. The minimum absolute atomic E-state index is 0.152. The summed E-state index contributed by atoms with van der Waals surface area (Å²) in [5.41, 5.74) is 3.12. The highest BCUT2D eigenvalue weighted by Crippen LogP contribution is 2.13. The highest BCUT2D eigenvalue weighted by atomic mass is 32.2. The molecule has 2 aromatic carbocycles. The standard InChI is InChI=1S/C28H43N3O5S/c1-5-15-31(16-6-2)37(34,35)17-14-28(33)30-26(19-23-12-10-22(3)11-13-23)27(32)21-29-20-24-8-7-9-25(18-24)36-4/h7-13,18,26-27,29,32H,5-6,14-17,19-21H2,1-4H3,(H,30,33)/t26-,27-/m0/s1. The van der Waals surface area contributed by atoms with E-state index in [4.69, 9.17) is 4.74 Å². The van der Waals surface area contributed by atoms with E-state index in [-0.39, 0.29) is 24.6 Å². The summed E-state index contributed by atoms with van der Waals surface area (Å²) >= 11 is 0. The van der Waals surface area contributed by atoms with Crippen LogP contribution in [0.15, 0.2) is 48.5 Å². The number of nitrogens with zero attached hydrogens (tertiary/aromatic N) is 1. The number of hydrogen-bond donors (Lipinski definition) is 3. The largest absolute Gasteiger partial charge is 0.497 e. The van der Waals surface area contributed by atoms with E-state index in [1.54, 1.807) is 7.11 Å². The van der Waals surface area contributed by atoms with Gasteiger partial charge in [-0.1, -0.05) is 55.8 Å². The number of rotatable bonds is 17. The Labute approximate surface area is 222 Å². The van der Waals surface area contributed by atoms with Crippen molar-refractivity contribution in [3.63, 3.8) is 0 Å². The molecule has 2 atom stereocenters.